The number of hydrogen-bond donors (Lipinski definition) is 1. The Balaban J connectivity index is 2.03. The van der Waals surface area contributed by atoms with Crippen LogP contribution in [-0.4, -0.2) is 29.4 Å². The summed E-state index contributed by atoms with van der Waals surface area (Å²) in [5, 5.41) is 11.2. The number of halogens is 1. The van der Waals surface area contributed by atoms with E-state index in [1.165, 1.54) is 0 Å². The summed E-state index contributed by atoms with van der Waals surface area (Å²) in [6, 6.07) is 5.38. The van der Waals surface area contributed by atoms with Crippen molar-refractivity contribution >= 4 is 23.1 Å². The summed E-state index contributed by atoms with van der Waals surface area (Å²) in [4.78, 5) is 12.4. The SMILES string of the molecule is CCOC1CCC2(C1)OC(=O)C(c1c(C)cccc1Cl)=C2O. The third-order valence-corrected chi connectivity index (χ3v) is 4.78. The van der Waals surface area contributed by atoms with Gasteiger partial charge in [0.15, 0.2) is 11.4 Å². The molecule has 22 heavy (non-hydrogen) atoms. The van der Waals surface area contributed by atoms with Gasteiger partial charge in [-0.3, -0.25) is 0 Å². The lowest BCUT2D eigenvalue weighted by Crippen LogP contribution is -2.29. The minimum absolute atomic E-state index is 0.00379. The average molecular weight is 323 g/mol. The highest BCUT2D eigenvalue weighted by molar-refractivity contribution is 6.35. The van der Waals surface area contributed by atoms with Crippen molar-refractivity contribution in [2.75, 3.05) is 6.61 Å². The highest BCUT2D eigenvalue weighted by atomic mass is 35.5. The zero-order chi connectivity index (χ0) is 15.9. The van der Waals surface area contributed by atoms with E-state index in [2.05, 4.69) is 0 Å². The van der Waals surface area contributed by atoms with E-state index in [-0.39, 0.29) is 17.4 Å². The van der Waals surface area contributed by atoms with Gasteiger partial charge in [0.2, 0.25) is 0 Å². The fraction of sp³-hybridized carbons (Fsp3) is 0.471. The van der Waals surface area contributed by atoms with Crippen molar-refractivity contribution in [3.63, 3.8) is 0 Å². The molecule has 1 saturated carbocycles. The quantitative estimate of drug-likeness (QED) is 0.860. The van der Waals surface area contributed by atoms with Crippen molar-refractivity contribution < 1.29 is 19.4 Å². The van der Waals surface area contributed by atoms with Crippen molar-refractivity contribution in [3.8, 4) is 0 Å². The topological polar surface area (TPSA) is 55.8 Å². The Bertz CT molecular complexity index is 632. The van der Waals surface area contributed by atoms with Crippen molar-refractivity contribution in [1.29, 1.82) is 0 Å². The molecule has 0 saturated heterocycles. The Morgan fingerprint density at radius 2 is 2.27 bits per heavy atom. The summed E-state index contributed by atoms with van der Waals surface area (Å²) in [7, 11) is 0. The number of aliphatic hydroxyl groups is 1. The van der Waals surface area contributed by atoms with Crippen molar-refractivity contribution in [1.82, 2.24) is 0 Å². The minimum atomic E-state index is -0.947. The van der Waals surface area contributed by atoms with Crippen LogP contribution in [0.25, 0.3) is 5.57 Å². The maximum absolute atomic E-state index is 12.4. The van der Waals surface area contributed by atoms with Crippen LogP contribution in [0.2, 0.25) is 5.02 Å². The molecule has 1 aromatic rings. The van der Waals surface area contributed by atoms with Crippen LogP contribution >= 0.6 is 11.6 Å². The van der Waals surface area contributed by atoms with E-state index < -0.39 is 11.6 Å². The third-order valence-electron chi connectivity index (χ3n) is 4.46. The molecule has 4 nitrogen and oxygen atoms in total. The second-order valence-corrected chi connectivity index (χ2v) is 6.27. The second kappa shape index (κ2) is 5.60. The normalized spacial score (nSPS) is 27.8. The molecule has 1 spiro atoms. The first-order valence-electron chi connectivity index (χ1n) is 7.52. The van der Waals surface area contributed by atoms with E-state index in [4.69, 9.17) is 21.1 Å². The zero-order valence-electron chi connectivity index (χ0n) is 12.7. The summed E-state index contributed by atoms with van der Waals surface area (Å²) in [5.41, 5.74) is 0.642. The Kier molecular flexibility index (Phi) is 3.91. The summed E-state index contributed by atoms with van der Waals surface area (Å²) in [6.07, 6.45) is 1.83. The number of ether oxygens (including phenoxy) is 2. The molecule has 0 radical (unpaired) electrons. The lowest BCUT2D eigenvalue weighted by Gasteiger charge is -2.22. The van der Waals surface area contributed by atoms with Crippen LogP contribution in [0.3, 0.4) is 0 Å². The summed E-state index contributed by atoms with van der Waals surface area (Å²) < 4.78 is 11.2. The second-order valence-electron chi connectivity index (χ2n) is 5.86. The first-order valence-corrected chi connectivity index (χ1v) is 7.90. The van der Waals surface area contributed by atoms with Crippen LogP contribution in [0.1, 0.15) is 37.3 Å². The van der Waals surface area contributed by atoms with Crippen LogP contribution in [0.15, 0.2) is 24.0 Å². The van der Waals surface area contributed by atoms with E-state index in [1.807, 2.05) is 26.0 Å². The van der Waals surface area contributed by atoms with Gasteiger partial charge >= 0.3 is 5.97 Å². The van der Waals surface area contributed by atoms with Gasteiger partial charge in [0, 0.05) is 23.6 Å². The van der Waals surface area contributed by atoms with Gasteiger partial charge in [-0.2, -0.15) is 0 Å². The Labute approximate surface area is 134 Å². The van der Waals surface area contributed by atoms with Crippen molar-refractivity contribution in [3.05, 3.63) is 40.1 Å². The van der Waals surface area contributed by atoms with Crippen LogP contribution < -0.4 is 0 Å². The number of carbonyl (C=O) groups is 1. The first kappa shape index (κ1) is 15.4. The molecular weight excluding hydrogens is 304 g/mol. The van der Waals surface area contributed by atoms with Crippen LogP contribution in [0, 0.1) is 6.92 Å². The maximum atomic E-state index is 12.4. The van der Waals surface area contributed by atoms with Gasteiger partial charge in [-0.1, -0.05) is 23.7 Å². The smallest absolute Gasteiger partial charge is 0.343 e. The van der Waals surface area contributed by atoms with Gasteiger partial charge in [0.25, 0.3) is 0 Å². The molecule has 0 amide bonds. The molecule has 1 N–H and O–H groups in total. The fourth-order valence-corrected chi connectivity index (χ4v) is 3.74. The number of hydrogen-bond acceptors (Lipinski definition) is 4. The van der Waals surface area contributed by atoms with Crippen LogP contribution in [-0.2, 0) is 14.3 Å². The van der Waals surface area contributed by atoms with Crippen molar-refractivity contribution in [2.24, 2.45) is 0 Å². The van der Waals surface area contributed by atoms with Gasteiger partial charge in [0.05, 0.1) is 6.10 Å². The molecule has 2 unspecified atom stereocenters. The van der Waals surface area contributed by atoms with Gasteiger partial charge in [-0.15, -0.1) is 0 Å². The standard InChI is InChI=1S/C17H19ClO4/c1-3-21-11-7-8-17(9-11)15(19)14(16(20)22-17)13-10(2)5-4-6-12(13)18/h4-6,11,19H,3,7-9H2,1-2H3. The lowest BCUT2D eigenvalue weighted by atomic mass is 9.93. The Morgan fingerprint density at radius 3 is 2.95 bits per heavy atom. The number of aryl methyl sites for hydroxylation is 1. The number of aliphatic hydroxyl groups excluding tert-OH is 1. The molecular formula is C17H19ClO4. The van der Waals surface area contributed by atoms with Gasteiger partial charge in [-0.25, -0.2) is 4.79 Å². The maximum Gasteiger partial charge on any atom is 0.343 e. The number of carbonyl (C=O) groups excluding carboxylic acids is 1. The molecule has 118 valence electrons. The molecule has 0 aromatic heterocycles. The van der Waals surface area contributed by atoms with Gasteiger partial charge in [0.1, 0.15) is 5.57 Å². The molecule has 1 heterocycles. The lowest BCUT2D eigenvalue weighted by molar-refractivity contribution is -0.146. The molecule has 1 aliphatic carbocycles. The van der Waals surface area contributed by atoms with E-state index in [1.54, 1.807) is 6.07 Å². The molecule has 5 heteroatoms. The summed E-state index contributed by atoms with van der Waals surface area (Å²) in [6.45, 7) is 4.40. The van der Waals surface area contributed by atoms with E-state index in [0.29, 0.717) is 30.0 Å². The molecule has 1 fully saturated rings. The number of benzene rings is 1. The predicted octanol–water partition coefficient (Wildman–Crippen LogP) is 3.80. The third kappa shape index (κ3) is 2.31. The van der Waals surface area contributed by atoms with E-state index >= 15 is 0 Å². The van der Waals surface area contributed by atoms with Gasteiger partial charge in [-0.05, 0) is 38.3 Å². The zero-order valence-corrected chi connectivity index (χ0v) is 13.4. The number of esters is 1. The summed E-state index contributed by atoms with van der Waals surface area (Å²) in [5.74, 6) is -0.512. The summed E-state index contributed by atoms with van der Waals surface area (Å²) >= 11 is 6.24. The van der Waals surface area contributed by atoms with Crippen molar-refractivity contribution in [2.45, 2.75) is 44.8 Å². The van der Waals surface area contributed by atoms with Gasteiger partial charge < -0.3 is 14.6 Å². The van der Waals surface area contributed by atoms with Crippen LogP contribution in [0.4, 0.5) is 0 Å². The average Bonchev–Trinajstić information content (AvgIpc) is 2.96. The highest BCUT2D eigenvalue weighted by Crippen LogP contribution is 2.48. The van der Waals surface area contributed by atoms with E-state index in [9.17, 15) is 9.90 Å². The first-order chi connectivity index (χ1) is 10.5. The fourth-order valence-electron chi connectivity index (χ4n) is 3.42. The predicted molar refractivity (Wildman–Crippen MR) is 83.8 cm³/mol. The number of rotatable bonds is 3. The minimum Gasteiger partial charge on any atom is -0.507 e. The molecule has 0 bridgehead atoms. The molecule has 1 aromatic carbocycles. The molecule has 1 aliphatic heterocycles. The highest BCUT2D eigenvalue weighted by Gasteiger charge is 2.53. The molecule has 2 aliphatic rings. The molecule has 3 rings (SSSR count). The monoisotopic (exact) mass is 322 g/mol. The molecule has 2 atom stereocenters. The largest absolute Gasteiger partial charge is 0.507 e. The Hall–Kier alpha value is -1.52. The Morgan fingerprint density at radius 1 is 1.50 bits per heavy atom. The van der Waals surface area contributed by atoms with E-state index in [0.717, 1.165) is 12.0 Å². The van der Waals surface area contributed by atoms with Crippen LogP contribution in [0.5, 0.6) is 0 Å².